The Morgan fingerprint density at radius 2 is 2.27 bits per heavy atom. The van der Waals surface area contributed by atoms with E-state index >= 15 is 0 Å². The van der Waals surface area contributed by atoms with E-state index in [0.29, 0.717) is 29.7 Å². The largest absolute Gasteiger partial charge is 0.383 e. The van der Waals surface area contributed by atoms with Crippen molar-refractivity contribution in [3.05, 3.63) is 35.8 Å². The molecular formula is C16H19FN2O3. The lowest BCUT2D eigenvalue weighted by molar-refractivity contribution is 0.0607. The summed E-state index contributed by atoms with van der Waals surface area (Å²) in [6.07, 6.45) is 0.746. The van der Waals surface area contributed by atoms with E-state index in [0.717, 1.165) is 6.42 Å². The first-order valence-corrected chi connectivity index (χ1v) is 7.24. The van der Waals surface area contributed by atoms with E-state index in [4.69, 9.17) is 9.47 Å². The summed E-state index contributed by atoms with van der Waals surface area (Å²) < 4.78 is 24.3. The lowest BCUT2D eigenvalue weighted by Gasteiger charge is -2.23. The number of likely N-dealkylation sites (tertiary alicyclic amines) is 1. The molecule has 0 saturated carbocycles. The smallest absolute Gasteiger partial charge is 0.270 e. The van der Waals surface area contributed by atoms with Crippen molar-refractivity contribution in [1.29, 1.82) is 0 Å². The van der Waals surface area contributed by atoms with E-state index in [9.17, 15) is 9.18 Å². The van der Waals surface area contributed by atoms with Gasteiger partial charge in [-0.25, -0.2) is 4.39 Å². The highest BCUT2D eigenvalue weighted by atomic mass is 19.1. The maximum atomic E-state index is 13.8. The van der Waals surface area contributed by atoms with Gasteiger partial charge in [0.05, 0.1) is 18.8 Å². The van der Waals surface area contributed by atoms with Gasteiger partial charge in [-0.15, -0.1) is 0 Å². The first-order chi connectivity index (χ1) is 10.6. The summed E-state index contributed by atoms with van der Waals surface area (Å²) in [5.74, 6) is -0.491. The SMILES string of the molecule is COC[C@@H]1C[C@@H](OC)CN1C(=O)c1cc2c(F)cccc2[nH]1. The number of aromatic amines is 1. The molecule has 0 radical (unpaired) electrons. The predicted molar refractivity (Wildman–Crippen MR) is 80.4 cm³/mol. The van der Waals surface area contributed by atoms with Gasteiger partial charge in [-0.3, -0.25) is 4.79 Å². The van der Waals surface area contributed by atoms with Crippen LogP contribution in [0.25, 0.3) is 10.9 Å². The Bertz CT molecular complexity index is 685. The van der Waals surface area contributed by atoms with Crippen LogP contribution in [0.2, 0.25) is 0 Å². The number of rotatable bonds is 4. The van der Waals surface area contributed by atoms with E-state index in [1.54, 1.807) is 37.3 Å². The Morgan fingerprint density at radius 3 is 2.95 bits per heavy atom. The fourth-order valence-electron chi connectivity index (χ4n) is 3.03. The van der Waals surface area contributed by atoms with Gasteiger partial charge >= 0.3 is 0 Å². The van der Waals surface area contributed by atoms with Gasteiger partial charge in [0.25, 0.3) is 5.91 Å². The standard InChI is InChI=1S/C16H19FN2O3/c1-21-9-10-6-11(22-2)8-19(10)16(20)15-7-12-13(17)4-3-5-14(12)18-15/h3-5,7,10-11,18H,6,8-9H2,1-2H3/t10-,11+/m0/s1. The van der Waals surface area contributed by atoms with E-state index in [-0.39, 0.29) is 23.9 Å². The molecule has 22 heavy (non-hydrogen) atoms. The van der Waals surface area contributed by atoms with Gasteiger partial charge in [0.1, 0.15) is 11.5 Å². The van der Waals surface area contributed by atoms with Gasteiger partial charge in [-0.2, -0.15) is 0 Å². The number of H-pyrrole nitrogens is 1. The van der Waals surface area contributed by atoms with Gasteiger partial charge < -0.3 is 19.4 Å². The van der Waals surface area contributed by atoms with E-state index in [1.807, 2.05) is 0 Å². The van der Waals surface area contributed by atoms with Crippen LogP contribution in [0, 0.1) is 5.82 Å². The number of fused-ring (bicyclic) bond motifs is 1. The molecule has 1 aliphatic heterocycles. The molecule has 0 unspecified atom stereocenters. The van der Waals surface area contributed by atoms with E-state index in [1.165, 1.54) is 6.07 Å². The number of ether oxygens (including phenoxy) is 2. The number of benzene rings is 1. The lowest BCUT2D eigenvalue weighted by atomic mass is 10.2. The summed E-state index contributed by atoms with van der Waals surface area (Å²) in [5.41, 5.74) is 1.01. The number of carbonyl (C=O) groups is 1. The number of aromatic nitrogens is 1. The molecule has 118 valence electrons. The van der Waals surface area contributed by atoms with Crippen molar-refractivity contribution in [2.24, 2.45) is 0 Å². The molecule has 1 aromatic carbocycles. The summed E-state index contributed by atoms with van der Waals surface area (Å²) in [5, 5.41) is 0.427. The van der Waals surface area contributed by atoms with Crippen molar-refractivity contribution in [3.63, 3.8) is 0 Å². The van der Waals surface area contributed by atoms with Crippen LogP contribution in [0.3, 0.4) is 0 Å². The number of halogens is 1. The Labute approximate surface area is 128 Å². The number of hydrogen-bond acceptors (Lipinski definition) is 3. The Kier molecular flexibility index (Phi) is 4.13. The third-order valence-electron chi connectivity index (χ3n) is 4.17. The fourth-order valence-corrected chi connectivity index (χ4v) is 3.03. The first kappa shape index (κ1) is 15.0. The highest BCUT2D eigenvalue weighted by Crippen LogP contribution is 2.25. The molecule has 5 nitrogen and oxygen atoms in total. The minimum atomic E-state index is -0.336. The van der Waals surface area contributed by atoms with Crippen molar-refractivity contribution >= 4 is 16.8 Å². The van der Waals surface area contributed by atoms with Gasteiger partial charge in [0.2, 0.25) is 0 Å². The molecule has 0 aliphatic carbocycles. The molecule has 6 heteroatoms. The maximum absolute atomic E-state index is 13.8. The third-order valence-corrected chi connectivity index (χ3v) is 4.17. The quantitative estimate of drug-likeness (QED) is 0.942. The second-order valence-electron chi connectivity index (χ2n) is 5.54. The van der Waals surface area contributed by atoms with Gasteiger partial charge in [-0.05, 0) is 24.6 Å². The van der Waals surface area contributed by atoms with Crippen LogP contribution in [-0.4, -0.2) is 55.3 Å². The molecule has 1 N–H and O–H groups in total. The van der Waals surface area contributed by atoms with Gasteiger partial charge in [0.15, 0.2) is 0 Å². The lowest BCUT2D eigenvalue weighted by Crippen LogP contribution is -2.38. The molecule has 1 aromatic heterocycles. The van der Waals surface area contributed by atoms with Gasteiger partial charge in [-0.1, -0.05) is 6.07 Å². The average Bonchev–Trinajstić information content (AvgIpc) is 3.12. The number of nitrogens with one attached hydrogen (secondary N) is 1. The molecule has 2 atom stereocenters. The maximum Gasteiger partial charge on any atom is 0.270 e. The summed E-state index contributed by atoms with van der Waals surface area (Å²) >= 11 is 0. The van der Waals surface area contributed by atoms with Crippen LogP contribution < -0.4 is 0 Å². The molecule has 3 rings (SSSR count). The number of hydrogen-bond donors (Lipinski definition) is 1. The van der Waals surface area contributed by atoms with Crippen molar-refractivity contribution in [2.45, 2.75) is 18.6 Å². The van der Waals surface area contributed by atoms with Gasteiger partial charge in [0, 0.05) is 31.7 Å². The zero-order valence-corrected chi connectivity index (χ0v) is 12.6. The summed E-state index contributed by atoms with van der Waals surface area (Å²) in [6, 6.07) is 6.29. The van der Waals surface area contributed by atoms with E-state index < -0.39 is 0 Å². The molecule has 0 spiro atoms. The number of methoxy groups -OCH3 is 2. The van der Waals surface area contributed by atoms with Crippen LogP contribution >= 0.6 is 0 Å². The van der Waals surface area contributed by atoms with Crippen LogP contribution in [-0.2, 0) is 9.47 Å². The second-order valence-corrected chi connectivity index (χ2v) is 5.54. The second kappa shape index (κ2) is 6.06. The highest BCUT2D eigenvalue weighted by molar-refractivity contribution is 5.98. The Hall–Kier alpha value is -1.92. The zero-order chi connectivity index (χ0) is 15.7. The highest BCUT2D eigenvalue weighted by Gasteiger charge is 2.36. The molecule has 1 aliphatic rings. The molecule has 2 heterocycles. The Balaban J connectivity index is 1.89. The van der Waals surface area contributed by atoms with Crippen molar-refractivity contribution < 1.29 is 18.7 Å². The molecule has 1 fully saturated rings. The van der Waals surface area contributed by atoms with Crippen LogP contribution in [0.15, 0.2) is 24.3 Å². The number of nitrogens with zero attached hydrogens (tertiary/aromatic N) is 1. The molecular weight excluding hydrogens is 287 g/mol. The topological polar surface area (TPSA) is 54.6 Å². The minimum absolute atomic E-state index is 0.00483. The predicted octanol–water partition coefficient (Wildman–Crippen LogP) is 2.18. The summed E-state index contributed by atoms with van der Waals surface area (Å²) in [4.78, 5) is 17.5. The summed E-state index contributed by atoms with van der Waals surface area (Å²) in [6.45, 7) is 0.974. The van der Waals surface area contributed by atoms with Crippen molar-refractivity contribution in [2.75, 3.05) is 27.4 Å². The van der Waals surface area contributed by atoms with E-state index in [2.05, 4.69) is 4.98 Å². The number of amides is 1. The molecule has 1 amide bonds. The fraction of sp³-hybridized carbons (Fsp3) is 0.438. The molecule has 1 saturated heterocycles. The van der Waals surface area contributed by atoms with Crippen LogP contribution in [0.5, 0.6) is 0 Å². The van der Waals surface area contributed by atoms with Crippen LogP contribution in [0.4, 0.5) is 4.39 Å². The first-order valence-electron chi connectivity index (χ1n) is 7.24. The minimum Gasteiger partial charge on any atom is -0.383 e. The molecule has 2 aromatic rings. The van der Waals surface area contributed by atoms with Crippen molar-refractivity contribution in [3.8, 4) is 0 Å². The zero-order valence-electron chi connectivity index (χ0n) is 12.6. The molecule has 0 bridgehead atoms. The Morgan fingerprint density at radius 1 is 1.45 bits per heavy atom. The average molecular weight is 306 g/mol. The third kappa shape index (κ3) is 2.60. The summed E-state index contributed by atoms with van der Waals surface area (Å²) in [7, 11) is 3.25. The van der Waals surface area contributed by atoms with Crippen molar-refractivity contribution in [1.82, 2.24) is 9.88 Å². The number of carbonyl (C=O) groups excluding carboxylic acids is 1. The monoisotopic (exact) mass is 306 g/mol. The normalized spacial score (nSPS) is 21.7. The van der Waals surface area contributed by atoms with Crippen LogP contribution in [0.1, 0.15) is 16.9 Å².